The monoisotopic (exact) mass is 218 g/mol. The highest BCUT2D eigenvalue weighted by Gasteiger charge is 2.64. The van der Waals surface area contributed by atoms with Gasteiger partial charge in [-0.1, -0.05) is 33.8 Å². The number of rotatable bonds is 2. The zero-order valence-corrected chi connectivity index (χ0v) is 10.9. The van der Waals surface area contributed by atoms with Crippen molar-refractivity contribution in [1.82, 2.24) is 0 Å². The Balaban J connectivity index is 2.18. The minimum absolute atomic E-state index is 0.338. The second kappa shape index (κ2) is 3.16. The second-order valence-electron chi connectivity index (χ2n) is 6.11. The summed E-state index contributed by atoms with van der Waals surface area (Å²) in [5.41, 5.74) is 9.80. The molecule has 1 saturated carbocycles. The molecule has 1 fully saturated rings. The molecule has 0 saturated heterocycles. The smallest absolute Gasteiger partial charge is 0.0576 e. The molecule has 0 unspecified atom stereocenters. The molecule has 0 bridgehead atoms. The number of anilines is 2. The van der Waals surface area contributed by atoms with E-state index in [2.05, 4.69) is 52.1 Å². The van der Waals surface area contributed by atoms with E-state index in [0.717, 1.165) is 11.4 Å². The first-order chi connectivity index (χ1) is 7.26. The van der Waals surface area contributed by atoms with Gasteiger partial charge in [-0.3, -0.25) is 0 Å². The van der Waals surface area contributed by atoms with E-state index in [0.29, 0.717) is 16.9 Å². The van der Waals surface area contributed by atoms with Crippen molar-refractivity contribution in [3.05, 3.63) is 23.8 Å². The highest BCUT2D eigenvalue weighted by Crippen LogP contribution is 2.63. The molecule has 0 heterocycles. The Hall–Kier alpha value is -1.18. The van der Waals surface area contributed by atoms with E-state index in [9.17, 15) is 0 Å². The molecule has 2 nitrogen and oxygen atoms in total. The molecule has 1 aliphatic rings. The maximum absolute atomic E-state index is 6.01. The van der Waals surface area contributed by atoms with Gasteiger partial charge in [0, 0.05) is 6.04 Å². The first-order valence-corrected chi connectivity index (χ1v) is 5.89. The highest BCUT2D eigenvalue weighted by molar-refractivity contribution is 5.68. The Morgan fingerprint density at radius 1 is 1.12 bits per heavy atom. The SMILES string of the molecule is Cc1ccc(NC2C(C)(C)C2(C)C)c(N)c1. The highest BCUT2D eigenvalue weighted by atomic mass is 15.1. The van der Waals surface area contributed by atoms with Crippen LogP contribution < -0.4 is 11.1 Å². The topological polar surface area (TPSA) is 38.0 Å². The third-order valence-electron chi connectivity index (χ3n) is 4.53. The summed E-state index contributed by atoms with van der Waals surface area (Å²) in [4.78, 5) is 0. The average Bonchev–Trinajstić information content (AvgIpc) is 2.52. The van der Waals surface area contributed by atoms with E-state index >= 15 is 0 Å². The van der Waals surface area contributed by atoms with Crippen molar-refractivity contribution in [3.8, 4) is 0 Å². The van der Waals surface area contributed by atoms with E-state index in [1.54, 1.807) is 0 Å². The summed E-state index contributed by atoms with van der Waals surface area (Å²) in [7, 11) is 0. The molecule has 0 aromatic heterocycles. The molecule has 2 rings (SSSR count). The van der Waals surface area contributed by atoms with Crippen molar-refractivity contribution >= 4 is 11.4 Å². The zero-order chi connectivity index (χ0) is 12.1. The number of hydrogen-bond donors (Lipinski definition) is 2. The number of nitrogens with two attached hydrogens (primary N) is 1. The zero-order valence-electron chi connectivity index (χ0n) is 10.9. The van der Waals surface area contributed by atoms with Crippen LogP contribution in [0, 0.1) is 17.8 Å². The first-order valence-electron chi connectivity index (χ1n) is 5.89. The van der Waals surface area contributed by atoms with Crippen LogP contribution in [-0.2, 0) is 0 Å². The van der Waals surface area contributed by atoms with Crippen LogP contribution >= 0.6 is 0 Å². The van der Waals surface area contributed by atoms with Gasteiger partial charge in [-0.05, 0) is 35.4 Å². The minimum Gasteiger partial charge on any atom is -0.397 e. The van der Waals surface area contributed by atoms with E-state index in [1.807, 2.05) is 6.07 Å². The van der Waals surface area contributed by atoms with Crippen LogP contribution in [0.2, 0.25) is 0 Å². The molecule has 1 aromatic rings. The van der Waals surface area contributed by atoms with Crippen LogP contribution in [0.1, 0.15) is 33.3 Å². The summed E-state index contributed by atoms with van der Waals surface area (Å²) < 4.78 is 0. The van der Waals surface area contributed by atoms with Gasteiger partial charge in [0.15, 0.2) is 0 Å². The Kier molecular flexibility index (Phi) is 2.23. The number of hydrogen-bond acceptors (Lipinski definition) is 2. The van der Waals surface area contributed by atoms with Crippen LogP contribution in [0.4, 0.5) is 11.4 Å². The lowest BCUT2D eigenvalue weighted by molar-refractivity contribution is 0.457. The van der Waals surface area contributed by atoms with Crippen molar-refractivity contribution in [1.29, 1.82) is 0 Å². The van der Waals surface area contributed by atoms with Crippen molar-refractivity contribution in [2.75, 3.05) is 11.1 Å². The molecule has 0 aliphatic heterocycles. The lowest BCUT2D eigenvalue weighted by atomic mass is 10.0. The van der Waals surface area contributed by atoms with Gasteiger partial charge < -0.3 is 11.1 Å². The molecule has 0 spiro atoms. The Morgan fingerprint density at radius 3 is 2.12 bits per heavy atom. The number of benzene rings is 1. The van der Waals surface area contributed by atoms with Gasteiger partial charge >= 0.3 is 0 Å². The van der Waals surface area contributed by atoms with Crippen molar-refractivity contribution < 1.29 is 0 Å². The fourth-order valence-electron chi connectivity index (χ4n) is 2.53. The maximum Gasteiger partial charge on any atom is 0.0576 e. The lowest BCUT2D eigenvalue weighted by Gasteiger charge is -2.11. The van der Waals surface area contributed by atoms with E-state index < -0.39 is 0 Å². The molecular formula is C14H22N2. The largest absolute Gasteiger partial charge is 0.397 e. The average molecular weight is 218 g/mol. The lowest BCUT2D eigenvalue weighted by Crippen LogP contribution is -2.11. The molecule has 1 aliphatic carbocycles. The Morgan fingerprint density at radius 2 is 1.69 bits per heavy atom. The number of nitrogen functional groups attached to an aromatic ring is 1. The third kappa shape index (κ3) is 1.48. The number of aryl methyl sites for hydroxylation is 1. The van der Waals surface area contributed by atoms with E-state index in [-0.39, 0.29) is 0 Å². The van der Waals surface area contributed by atoms with Crippen LogP contribution in [0.3, 0.4) is 0 Å². The molecule has 0 amide bonds. The Labute approximate surface area is 98.2 Å². The van der Waals surface area contributed by atoms with Crippen molar-refractivity contribution in [2.45, 2.75) is 40.7 Å². The van der Waals surface area contributed by atoms with Gasteiger partial charge in [0.2, 0.25) is 0 Å². The molecular weight excluding hydrogens is 196 g/mol. The summed E-state index contributed by atoms with van der Waals surface area (Å²) in [6.07, 6.45) is 0. The summed E-state index contributed by atoms with van der Waals surface area (Å²) in [6.45, 7) is 11.3. The normalized spacial score (nSPS) is 21.8. The molecule has 16 heavy (non-hydrogen) atoms. The van der Waals surface area contributed by atoms with Crippen molar-refractivity contribution in [2.24, 2.45) is 10.8 Å². The van der Waals surface area contributed by atoms with E-state index in [1.165, 1.54) is 5.56 Å². The van der Waals surface area contributed by atoms with Crippen LogP contribution in [0.5, 0.6) is 0 Å². The standard InChI is InChI=1S/C14H22N2/c1-9-6-7-11(10(15)8-9)16-12-13(2,3)14(12,4)5/h6-8,12,16H,15H2,1-5H3. The second-order valence-corrected chi connectivity index (χ2v) is 6.11. The minimum atomic E-state index is 0.338. The van der Waals surface area contributed by atoms with Crippen LogP contribution in [0.15, 0.2) is 18.2 Å². The molecule has 3 N–H and O–H groups in total. The first kappa shape index (κ1) is 11.3. The fraction of sp³-hybridized carbons (Fsp3) is 0.571. The molecule has 2 heteroatoms. The summed E-state index contributed by atoms with van der Waals surface area (Å²) >= 11 is 0. The molecule has 1 aromatic carbocycles. The molecule has 0 atom stereocenters. The predicted molar refractivity (Wildman–Crippen MR) is 70.6 cm³/mol. The Bertz CT molecular complexity index is 405. The summed E-state index contributed by atoms with van der Waals surface area (Å²) in [5, 5.41) is 3.57. The van der Waals surface area contributed by atoms with Gasteiger partial charge in [0.1, 0.15) is 0 Å². The van der Waals surface area contributed by atoms with Crippen LogP contribution in [0.25, 0.3) is 0 Å². The maximum atomic E-state index is 6.01. The van der Waals surface area contributed by atoms with Gasteiger partial charge in [-0.2, -0.15) is 0 Å². The van der Waals surface area contributed by atoms with Crippen molar-refractivity contribution in [3.63, 3.8) is 0 Å². The quantitative estimate of drug-likeness (QED) is 0.746. The molecule has 88 valence electrons. The van der Waals surface area contributed by atoms with Gasteiger partial charge in [0.25, 0.3) is 0 Å². The summed E-state index contributed by atoms with van der Waals surface area (Å²) in [5.74, 6) is 0. The molecule has 0 radical (unpaired) electrons. The van der Waals surface area contributed by atoms with Crippen LogP contribution in [-0.4, -0.2) is 6.04 Å². The third-order valence-corrected chi connectivity index (χ3v) is 4.53. The van der Waals surface area contributed by atoms with Gasteiger partial charge in [-0.15, -0.1) is 0 Å². The predicted octanol–water partition coefficient (Wildman–Crippen LogP) is 3.42. The van der Waals surface area contributed by atoms with Gasteiger partial charge in [-0.25, -0.2) is 0 Å². The fourth-order valence-corrected chi connectivity index (χ4v) is 2.53. The van der Waals surface area contributed by atoms with Gasteiger partial charge in [0.05, 0.1) is 11.4 Å². The number of nitrogens with one attached hydrogen (secondary N) is 1. The summed E-state index contributed by atoms with van der Waals surface area (Å²) in [6, 6.07) is 6.70. The van der Waals surface area contributed by atoms with E-state index in [4.69, 9.17) is 5.73 Å².